The minimum atomic E-state index is -0.306. The molecule has 5 rings (SSSR count). The maximum Gasteiger partial charge on any atom is 0.240 e. The number of thioether (sulfide) groups is 1. The minimum Gasteiger partial charge on any atom is -0.497 e. The molecule has 0 aliphatic carbocycles. The van der Waals surface area contributed by atoms with Crippen LogP contribution in [0.25, 0.3) is 11.3 Å². The van der Waals surface area contributed by atoms with E-state index < -0.39 is 0 Å². The van der Waals surface area contributed by atoms with Gasteiger partial charge in [-0.25, -0.2) is 0 Å². The van der Waals surface area contributed by atoms with Crippen molar-refractivity contribution in [2.45, 2.75) is 11.8 Å². The highest BCUT2D eigenvalue weighted by Gasteiger charge is 2.37. The Balaban J connectivity index is 1.59. The molecule has 2 aromatic heterocycles. The van der Waals surface area contributed by atoms with Gasteiger partial charge < -0.3 is 14.8 Å². The molecule has 200 valence electrons. The first-order valence-electron chi connectivity index (χ1n) is 12.4. The summed E-state index contributed by atoms with van der Waals surface area (Å²) in [4.78, 5) is 32.4. The van der Waals surface area contributed by atoms with Crippen LogP contribution < -0.4 is 19.7 Å². The molecule has 2 amide bonds. The molecule has 1 unspecified atom stereocenters. The predicted octanol–water partition coefficient (Wildman–Crippen LogP) is 3.98. The van der Waals surface area contributed by atoms with E-state index in [9.17, 15) is 9.59 Å². The van der Waals surface area contributed by atoms with Gasteiger partial charge in [0.15, 0.2) is 0 Å². The maximum absolute atomic E-state index is 13.6. The predicted molar refractivity (Wildman–Crippen MR) is 151 cm³/mol. The lowest BCUT2D eigenvalue weighted by Gasteiger charge is -2.23. The number of hydrogen-bond acceptors (Lipinski definition) is 7. The maximum atomic E-state index is 13.6. The van der Waals surface area contributed by atoms with E-state index >= 15 is 0 Å². The summed E-state index contributed by atoms with van der Waals surface area (Å²) in [5.41, 5.74) is 4.09. The lowest BCUT2D eigenvalue weighted by Crippen LogP contribution is -2.42. The summed E-state index contributed by atoms with van der Waals surface area (Å²) in [5, 5.41) is 7.44. The first kappa shape index (κ1) is 26.3. The van der Waals surface area contributed by atoms with Gasteiger partial charge in [-0.15, -0.1) is 11.8 Å². The van der Waals surface area contributed by atoms with Gasteiger partial charge in [-0.2, -0.15) is 5.10 Å². The SMILES string of the molecule is COc1ccc(OC)c(C2SCC(=O)N(CC(=O)NCc3ccccn3)c3c2c(-c2ccccc2)nn3C)c1. The van der Waals surface area contributed by atoms with Crippen molar-refractivity contribution in [2.24, 2.45) is 7.05 Å². The van der Waals surface area contributed by atoms with E-state index in [4.69, 9.17) is 14.6 Å². The van der Waals surface area contributed by atoms with Gasteiger partial charge in [-0.3, -0.25) is 24.2 Å². The van der Waals surface area contributed by atoms with Crippen LogP contribution in [0.4, 0.5) is 5.82 Å². The average molecular weight is 544 g/mol. The van der Waals surface area contributed by atoms with Crippen LogP contribution in [0.5, 0.6) is 11.5 Å². The highest BCUT2D eigenvalue weighted by molar-refractivity contribution is 8.00. The van der Waals surface area contributed by atoms with Crippen LogP contribution in [-0.4, -0.2) is 53.1 Å². The largest absolute Gasteiger partial charge is 0.497 e. The minimum absolute atomic E-state index is 0.144. The third kappa shape index (κ3) is 5.46. The van der Waals surface area contributed by atoms with E-state index in [0.29, 0.717) is 17.3 Å². The average Bonchev–Trinajstić information content (AvgIpc) is 3.24. The number of anilines is 1. The number of fused-ring (bicyclic) bond motifs is 1. The molecule has 4 aromatic rings. The molecule has 9 nitrogen and oxygen atoms in total. The van der Waals surface area contributed by atoms with E-state index in [1.54, 1.807) is 32.1 Å². The number of nitrogens with zero attached hydrogens (tertiary/aromatic N) is 4. The van der Waals surface area contributed by atoms with Crippen molar-refractivity contribution in [1.29, 1.82) is 0 Å². The Morgan fingerprint density at radius 3 is 2.59 bits per heavy atom. The van der Waals surface area contributed by atoms with Gasteiger partial charge in [-0.1, -0.05) is 36.4 Å². The number of benzene rings is 2. The molecular weight excluding hydrogens is 514 g/mol. The Hall–Kier alpha value is -4.31. The number of rotatable bonds is 8. The number of hydrogen-bond donors (Lipinski definition) is 1. The quantitative estimate of drug-likeness (QED) is 0.359. The second-order valence-corrected chi connectivity index (χ2v) is 10.0. The van der Waals surface area contributed by atoms with Gasteiger partial charge in [0.05, 0.1) is 43.2 Å². The summed E-state index contributed by atoms with van der Waals surface area (Å²) in [5.74, 6) is 1.63. The second-order valence-electron chi connectivity index (χ2n) is 8.95. The fourth-order valence-electron chi connectivity index (χ4n) is 4.68. The van der Waals surface area contributed by atoms with E-state index in [-0.39, 0.29) is 35.9 Å². The smallest absolute Gasteiger partial charge is 0.240 e. The number of aromatic nitrogens is 3. The molecule has 1 N–H and O–H groups in total. The van der Waals surface area contributed by atoms with Crippen LogP contribution in [0, 0.1) is 0 Å². The van der Waals surface area contributed by atoms with Gasteiger partial charge in [0.1, 0.15) is 23.9 Å². The van der Waals surface area contributed by atoms with E-state index in [1.807, 2.05) is 66.7 Å². The lowest BCUT2D eigenvalue weighted by molar-refractivity contribution is -0.123. The molecule has 2 aromatic carbocycles. The first-order chi connectivity index (χ1) is 19.0. The highest BCUT2D eigenvalue weighted by Crippen LogP contribution is 2.50. The van der Waals surface area contributed by atoms with Crippen LogP contribution in [0.1, 0.15) is 22.1 Å². The van der Waals surface area contributed by atoms with Gasteiger partial charge in [-0.05, 0) is 30.3 Å². The molecule has 0 saturated carbocycles. The molecule has 0 saturated heterocycles. The van der Waals surface area contributed by atoms with Crippen LogP contribution in [0.3, 0.4) is 0 Å². The van der Waals surface area contributed by atoms with Gasteiger partial charge in [0.2, 0.25) is 11.8 Å². The van der Waals surface area contributed by atoms with Crippen molar-refractivity contribution < 1.29 is 19.1 Å². The molecule has 1 aliphatic heterocycles. The molecular formula is C29H29N5O4S. The number of ether oxygens (including phenoxy) is 2. The van der Waals surface area contributed by atoms with Crippen LogP contribution in [-0.2, 0) is 23.2 Å². The standard InChI is InChI=1S/C29H29N5O4S/c1-33-29-26(27(32-33)19-9-5-4-6-10-19)28(22-15-21(37-2)12-13-23(22)38-3)39-18-25(36)34(29)17-24(35)31-16-20-11-7-8-14-30-20/h4-15,28H,16-18H2,1-3H3,(H,31,35). The summed E-state index contributed by atoms with van der Waals surface area (Å²) in [7, 11) is 5.04. The third-order valence-electron chi connectivity index (χ3n) is 6.51. The van der Waals surface area contributed by atoms with Gasteiger partial charge >= 0.3 is 0 Å². The van der Waals surface area contributed by atoms with Crippen molar-refractivity contribution in [3.63, 3.8) is 0 Å². The highest BCUT2D eigenvalue weighted by atomic mass is 32.2. The summed E-state index contributed by atoms with van der Waals surface area (Å²) < 4.78 is 12.9. The van der Waals surface area contributed by atoms with Crippen molar-refractivity contribution in [1.82, 2.24) is 20.1 Å². The molecule has 0 fully saturated rings. The molecule has 10 heteroatoms. The molecule has 0 spiro atoms. The summed E-state index contributed by atoms with van der Waals surface area (Å²) >= 11 is 1.48. The molecule has 1 aliphatic rings. The fraction of sp³-hybridized carbons (Fsp3) is 0.241. The molecule has 39 heavy (non-hydrogen) atoms. The molecule has 1 atom stereocenters. The summed E-state index contributed by atoms with van der Waals surface area (Å²) in [6.07, 6.45) is 1.68. The Labute approximate surface area is 231 Å². The van der Waals surface area contributed by atoms with Crippen LogP contribution in [0.2, 0.25) is 0 Å². The zero-order valence-corrected chi connectivity index (χ0v) is 22.8. The Kier molecular flexibility index (Phi) is 7.83. The zero-order chi connectivity index (χ0) is 27.4. The number of carbonyl (C=O) groups excluding carboxylic acids is 2. The van der Waals surface area contributed by atoms with Gasteiger partial charge in [0.25, 0.3) is 0 Å². The van der Waals surface area contributed by atoms with Crippen molar-refractivity contribution in [2.75, 3.05) is 31.4 Å². The van der Waals surface area contributed by atoms with Crippen LogP contribution >= 0.6 is 11.8 Å². The van der Waals surface area contributed by atoms with E-state index in [1.165, 1.54) is 16.7 Å². The van der Waals surface area contributed by atoms with E-state index in [2.05, 4.69) is 10.3 Å². The lowest BCUT2D eigenvalue weighted by atomic mass is 9.98. The Morgan fingerprint density at radius 2 is 1.87 bits per heavy atom. The molecule has 3 heterocycles. The first-order valence-corrected chi connectivity index (χ1v) is 13.5. The van der Waals surface area contributed by atoms with Crippen molar-refractivity contribution in [3.05, 3.63) is 89.7 Å². The normalized spacial score (nSPS) is 14.9. The molecule has 0 bridgehead atoms. The number of carbonyl (C=O) groups is 2. The van der Waals surface area contributed by atoms with Crippen molar-refractivity contribution in [3.8, 4) is 22.8 Å². The molecule has 0 radical (unpaired) electrons. The van der Waals surface area contributed by atoms with Crippen LogP contribution in [0.15, 0.2) is 72.9 Å². The monoisotopic (exact) mass is 543 g/mol. The zero-order valence-electron chi connectivity index (χ0n) is 22.0. The van der Waals surface area contributed by atoms with E-state index in [0.717, 1.165) is 28.1 Å². The number of nitrogens with one attached hydrogen (secondary N) is 1. The van der Waals surface area contributed by atoms with Gasteiger partial charge in [0, 0.05) is 29.9 Å². The third-order valence-corrected chi connectivity index (χ3v) is 7.74. The number of methoxy groups -OCH3 is 2. The number of amides is 2. The second kappa shape index (κ2) is 11.6. The Morgan fingerprint density at radius 1 is 1.08 bits per heavy atom. The Bertz CT molecular complexity index is 1480. The number of pyridine rings is 1. The summed E-state index contributed by atoms with van der Waals surface area (Å²) in [6.45, 7) is 0.128. The fourth-order valence-corrected chi connectivity index (χ4v) is 5.89. The summed E-state index contributed by atoms with van der Waals surface area (Å²) in [6, 6.07) is 21.0. The topological polar surface area (TPSA) is 98.6 Å². The van der Waals surface area contributed by atoms with Crippen molar-refractivity contribution >= 4 is 29.4 Å². The number of aryl methyl sites for hydroxylation is 1.